The standard InChI is InChI=1S/C14H15N3S/c1-8-4-3-5-9(2)12(8)14-16-11-7-18-6-10(11)13(15)17-14/h3-5H,6-7H2,1-2H3,(H2,15,16,17). The molecule has 0 spiro atoms. The van der Waals surface area contributed by atoms with Crippen molar-refractivity contribution >= 4 is 17.6 Å². The van der Waals surface area contributed by atoms with Crippen LogP contribution in [0, 0.1) is 13.8 Å². The van der Waals surface area contributed by atoms with Gasteiger partial charge in [0.15, 0.2) is 5.82 Å². The highest BCUT2D eigenvalue weighted by molar-refractivity contribution is 7.98. The van der Waals surface area contributed by atoms with Crippen molar-refractivity contribution in [2.24, 2.45) is 0 Å². The zero-order valence-electron chi connectivity index (χ0n) is 10.5. The average Bonchev–Trinajstić information content (AvgIpc) is 2.77. The van der Waals surface area contributed by atoms with Crippen molar-refractivity contribution in [3.05, 3.63) is 40.6 Å². The number of hydrogen-bond acceptors (Lipinski definition) is 4. The predicted octanol–water partition coefficient (Wildman–Crippen LogP) is 3.09. The molecule has 0 aliphatic carbocycles. The summed E-state index contributed by atoms with van der Waals surface area (Å²) >= 11 is 1.85. The molecular formula is C14H15N3S. The second-order valence-electron chi connectivity index (χ2n) is 4.62. The molecule has 2 heterocycles. The smallest absolute Gasteiger partial charge is 0.162 e. The summed E-state index contributed by atoms with van der Waals surface area (Å²) in [4.78, 5) is 9.18. The highest BCUT2D eigenvalue weighted by Gasteiger charge is 2.19. The number of anilines is 1. The lowest BCUT2D eigenvalue weighted by molar-refractivity contribution is 1.07. The van der Waals surface area contributed by atoms with Crippen molar-refractivity contribution in [3.63, 3.8) is 0 Å². The number of nitrogens with zero attached hydrogens (tertiary/aromatic N) is 2. The molecule has 0 unspecified atom stereocenters. The van der Waals surface area contributed by atoms with E-state index in [0.717, 1.165) is 34.2 Å². The first-order valence-corrected chi connectivity index (χ1v) is 7.12. The molecule has 4 heteroatoms. The molecule has 0 radical (unpaired) electrons. The minimum atomic E-state index is 0.641. The quantitative estimate of drug-likeness (QED) is 0.853. The molecule has 1 aromatic carbocycles. The number of benzene rings is 1. The van der Waals surface area contributed by atoms with Gasteiger partial charge in [0.2, 0.25) is 0 Å². The van der Waals surface area contributed by atoms with Gasteiger partial charge >= 0.3 is 0 Å². The van der Waals surface area contributed by atoms with Crippen LogP contribution < -0.4 is 5.73 Å². The summed E-state index contributed by atoms with van der Waals surface area (Å²) in [5.74, 6) is 3.29. The van der Waals surface area contributed by atoms with Gasteiger partial charge in [-0.15, -0.1) is 0 Å². The first kappa shape index (κ1) is 11.5. The lowest BCUT2D eigenvalue weighted by atomic mass is 10.0. The minimum Gasteiger partial charge on any atom is -0.383 e. The Morgan fingerprint density at radius 1 is 1.11 bits per heavy atom. The van der Waals surface area contributed by atoms with Crippen LogP contribution in [0.3, 0.4) is 0 Å². The third kappa shape index (κ3) is 1.77. The van der Waals surface area contributed by atoms with Gasteiger partial charge in [-0.2, -0.15) is 11.8 Å². The normalized spacial score (nSPS) is 13.7. The third-order valence-electron chi connectivity index (χ3n) is 3.31. The number of rotatable bonds is 1. The molecule has 3 nitrogen and oxygen atoms in total. The van der Waals surface area contributed by atoms with Gasteiger partial charge in [0, 0.05) is 22.6 Å². The number of aromatic nitrogens is 2. The van der Waals surface area contributed by atoms with Crippen molar-refractivity contribution < 1.29 is 0 Å². The Hall–Kier alpha value is -1.55. The Morgan fingerprint density at radius 2 is 1.83 bits per heavy atom. The van der Waals surface area contributed by atoms with Crippen LogP contribution in [0.1, 0.15) is 22.4 Å². The second kappa shape index (κ2) is 4.28. The molecular weight excluding hydrogens is 242 g/mol. The number of fused-ring (bicyclic) bond motifs is 1. The van der Waals surface area contributed by atoms with Gasteiger partial charge in [0.05, 0.1) is 5.69 Å². The van der Waals surface area contributed by atoms with Crippen LogP contribution >= 0.6 is 11.8 Å². The fourth-order valence-electron chi connectivity index (χ4n) is 2.36. The van der Waals surface area contributed by atoms with Crippen molar-refractivity contribution in [2.75, 3.05) is 5.73 Å². The molecule has 0 saturated carbocycles. The Labute approximate surface area is 111 Å². The highest BCUT2D eigenvalue weighted by atomic mass is 32.2. The van der Waals surface area contributed by atoms with Crippen LogP contribution in [0.5, 0.6) is 0 Å². The molecule has 0 atom stereocenters. The van der Waals surface area contributed by atoms with Gasteiger partial charge in [0.1, 0.15) is 5.82 Å². The lowest BCUT2D eigenvalue weighted by Gasteiger charge is -2.10. The summed E-state index contributed by atoms with van der Waals surface area (Å²) in [6.45, 7) is 4.17. The zero-order chi connectivity index (χ0) is 12.7. The topological polar surface area (TPSA) is 51.8 Å². The molecule has 18 heavy (non-hydrogen) atoms. The van der Waals surface area contributed by atoms with Crippen LogP contribution in [-0.2, 0) is 11.5 Å². The van der Waals surface area contributed by atoms with Crippen LogP contribution in [0.2, 0.25) is 0 Å². The van der Waals surface area contributed by atoms with E-state index in [4.69, 9.17) is 10.7 Å². The van der Waals surface area contributed by atoms with E-state index in [1.54, 1.807) is 0 Å². The molecule has 0 saturated heterocycles. The Kier molecular flexibility index (Phi) is 2.74. The van der Waals surface area contributed by atoms with Crippen LogP contribution in [0.4, 0.5) is 5.82 Å². The van der Waals surface area contributed by atoms with Gasteiger partial charge in [0.25, 0.3) is 0 Å². The molecule has 0 amide bonds. The fraction of sp³-hybridized carbons (Fsp3) is 0.286. The summed E-state index contributed by atoms with van der Waals surface area (Å²) in [6, 6.07) is 6.23. The first-order valence-electron chi connectivity index (χ1n) is 5.96. The number of thioether (sulfide) groups is 1. The maximum absolute atomic E-state index is 6.05. The molecule has 2 aromatic rings. The van der Waals surface area contributed by atoms with Gasteiger partial charge in [-0.05, 0) is 25.0 Å². The summed E-state index contributed by atoms with van der Waals surface area (Å²) in [5, 5.41) is 0. The molecule has 0 bridgehead atoms. The van der Waals surface area contributed by atoms with E-state index in [9.17, 15) is 0 Å². The zero-order valence-corrected chi connectivity index (χ0v) is 11.3. The summed E-state index contributed by atoms with van der Waals surface area (Å²) in [6.07, 6.45) is 0. The number of hydrogen-bond donors (Lipinski definition) is 1. The van der Waals surface area contributed by atoms with Gasteiger partial charge in [-0.25, -0.2) is 9.97 Å². The van der Waals surface area contributed by atoms with Gasteiger partial charge in [-0.1, -0.05) is 18.2 Å². The Morgan fingerprint density at radius 3 is 2.56 bits per heavy atom. The summed E-state index contributed by atoms with van der Waals surface area (Å²) < 4.78 is 0. The number of aryl methyl sites for hydroxylation is 2. The van der Waals surface area contributed by atoms with Crippen molar-refractivity contribution in [2.45, 2.75) is 25.4 Å². The van der Waals surface area contributed by atoms with E-state index in [-0.39, 0.29) is 0 Å². The van der Waals surface area contributed by atoms with E-state index in [1.165, 1.54) is 11.1 Å². The third-order valence-corrected chi connectivity index (χ3v) is 4.29. The van der Waals surface area contributed by atoms with E-state index in [1.807, 2.05) is 11.8 Å². The average molecular weight is 257 g/mol. The lowest BCUT2D eigenvalue weighted by Crippen LogP contribution is -2.04. The van der Waals surface area contributed by atoms with Crippen molar-refractivity contribution in [1.29, 1.82) is 0 Å². The van der Waals surface area contributed by atoms with Crippen molar-refractivity contribution in [3.8, 4) is 11.4 Å². The van der Waals surface area contributed by atoms with E-state index < -0.39 is 0 Å². The fourth-order valence-corrected chi connectivity index (χ4v) is 3.41. The summed E-state index contributed by atoms with van der Waals surface area (Å²) in [5.41, 5.74) is 11.8. The van der Waals surface area contributed by atoms with Crippen LogP contribution in [-0.4, -0.2) is 9.97 Å². The van der Waals surface area contributed by atoms with Gasteiger partial charge in [-0.3, -0.25) is 0 Å². The van der Waals surface area contributed by atoms with Crippen LogP contribution in [0.25, 0.3) is 11.4 Å². The monoisotopic (exact) mass is 257 g/mol. The van der Waals surface area contributed by atoms with Crippen LogP contribution in [0.15, 0.2) is 18.2 Å². The highest BCUT2D eigenvalue weighted by Crippen LogP contribution is 2.34. The molecule has 1 aliphatic rings. The maximum Gasteiger partial charge on any atom is 0.162 e. The molecule has 1 aliphatic heterocycles. The molecule has 2 N–H and O–H groups in total. The van der Waals surface area contributed by atoms with E-state index >= 15 is 0 Å². The van der Waals surface area contributed by atoms with E-state index in [2.05, 4.69) is 37.0 Å². The van der Waals surface area contributed by atoms with Crippen molar-refractivity contribution in [1.82, 2.24) is 9.97 Å². The molecule has 92 valence electrons. The number of nitrogens with two attached hydrogens (primary N) is 1. The number of nitrogen functional groups attached to an aromatic ring is 1. The van der Waals surface area contributed by atoms with Gasteiger partial charge < -0.3 is 5.73 Å². The maximum atomic E-state index is 6.05. The summed E-state index contributed by atoms with van der Waals surface area (Å²) in [7, 11) is 0. The second-order valence-corrected chi connectivity index (χ2v) is 5.60. The minimum absolute atomic E-state index is 0.641. The molecule has 0 fully saturated rings. The first-order chi connectivity index (χ1) is 8.66. The molecule has 3 rings (SSSR count). The Balaban J connectivity index is 2.21. The predicted molar refractivity (Wildman–Crippen MR) is 76.4 cm³/mol. The van der Waals surface area contributed by atoms with E-state index in [0.29, 0.717) is 5.82 Å². The molecule has 1 aromatic heterocycles. The Bertz CT molecular complexity index is 602. The SMILES string of the molecule is Cc1cccc(C)c1-c1nc(N)c2c(n1)CSC2. The largest absolute Gasteiger partial charge is 0.383 e.